The monoisotopic (exact) mass is 198 g/mol. The van der Waals surface area contributed by atoms with Crippen LogP contribution in [0.5, 0.6) is 0 Å². The maximum Gasteiger partial charge on any atom is 0.341 e. The Morgan fingerprint density at radius 3 is 2.36 bits per heavy atom. The van der Waals surface area contributed by atoms with E-state index in [0.717, 1.165) is 12.8 Å². The first-order valence-corrected chi connectivity index (χ1v) is 4.96. The van der Waals surface area contributed by atoms with Crippen LogP contribution in [0, 0.1) is 5.92 Å². The van der Waals surface area contributed by atoms with Crippen LogP contribution in [0.2, 0.25) is 0 Å². The summed E-state index contributed by atoms with van der Waals surface area (Å²) in [6.45, 7) is 9.04. The summed E-state index contributed by atoms with van der Waals surface area (Å²) in [5, 5.41) is 0. The lowest BCUT2D eigenvalue weighted by molar-refractivity contribution is -0.159. The number of rotatable bonds is 5. The molecule has 0 amide bonds. The molecule has 80 valence electrons. The molecule has 0 aliphatic carbocycles. The molecule has 0 aromatic heterocycles. The van der Waals surface area contributed by atoms with Crippen LogP contribution in [0.25, 0.3) is 0 Å². The van der Waals surface area contributed by atoms with Gasteiger partial charge in [-0.25, -0.2) is 4.79 Å². The number of esters is 2. The minimum atomic E-state index is -0.597. The molecule has 0 N–H and O–H groups in total. The lowest BCUT2D eigenvalue weighted by Gasteiger charge is -2.08. The van der Waals surface area contributed by atoms with Crippen molar-refractivity contribution in [1.82, 2.24) is 0 Å². The van der Waals surface area contributed by atoms with Gasteiger partial charge >= 0.3 is 11.9 Å². The molecule has 0 aliphatic heterocycles. The second kappa shape index (κ2) is 6.35. The van der Waals surface area contributed by atoms with E-state index in [1.165, 1.54) is 0 Å². The third-order valence-corrected chi connectivity index (χ3v) is 2.03. The molecule has 0 aromatic rings. The zero-order chi connectivity index (χ0) is 11.1. The summed E-state index contributed by atoms with van der Waals surface area (Å²) in [6, 6.07) is 0. The molecule has 0 heterocycles. The van der Waals surface area contributed by atoms with Crippen molar-refractivity contribution in [2.45, 2.75) is 40.0 Å². The van der Waals surface area contributed by atoms with Crippen LogP contribution < -0.4 is 0 Å². The van der Waals surface area contributed by atoms with E-state index in [-0.39, 0.29) is 5.92 Å². The Bertz CT molecular complexity index is 231. The Labute approximate surface area is 85.1 Å². The fourth-order valence-corrected chi connectivity index (χ4v) is 0.959. The molecule has 0 aromatic carbocycles. The average molecular weight is 198 g/mol. The molecule has 0 fully saturated rings. The summed E-state index contributed by atoms with van der Waals surface area (Å²) in [5.74, 6) is -1.26. The van der Waals surface area contributed by atoms with Crippen LogP contribution in [0.3, 0.4) is 0 Å². The minimum Gasteiger partial charge on any atom is -0.389 e. The maximum absolute atomic E-state index is 11.3. The summed E-state index contributed by atoms with van der Waals surface area (Å²) in [6.07, 6.45) is 2.15. The fraction of sp³-hybridized carbons (Fsp3) is 0.636. The van der Waals surface area contributed by atoms with Gasteiger partial charge in [-0.3, -0.25) is 4.79 Å². The topological polar surface area (TPSA) is 43.4 Å². The van der Waals surface area contributed by atoms with Crippen molar-refractivity contribution in [3.05, 3.63) is 12.2 Å². The van der Waals surface area contributed by atoms with Gasteiger partial charge in [-0.15, -0.1) is 0 Å². The van der Waals surface area contributed by atoms with Crippen LogP contribution >= 0.6 is 0 Å². The lowest BCUT2D eigenvalue weighted by Crippen LogP contribution is -2.19. The summed E-state index contributed by atoms with van der Waals surface area (Å²) in [5.41, 5.74) is 0.335. The number of ether oxygens (including phenoxy) is 1. The Morgan fingerprint density at radius 1 is 1.36 bits per heavy atom. The van der Waals surface area contributed by atoms with Crippen molar-refractivity contribution in [1.29, 1.82) is 0 Å². The number of carbonyl (C=O) groups is 2. The highest BCUT2D eigenvalue weighted by atomic mass is 16.6. The Hall–Kier alpha value is -1.12. The van der Waals surface area contributed by atoms with Gasteiger partial charge in [-0.2, -0.15) is 0 Å². The van der Waals surface area contributed by atoms with Crippen LogP contribution in [0.15, 0.2) is 12.2 Å². The highest BCUT2D eigenvalue weighted by Gasteiger charge is 2.18. The molecule has 0 bridgehead atoms. The largest absolute Gasteiger partial charge is 0.389 e. The van der Waals surface area contributed by atoms with Crippen molar-refractivity contribution in [3.8, 4) is 0 Å². The number of carbonyl (C=O) groups excluding carboxylic acids is 2. The normalized spacial score (nSPS) is 11.9. The van der Waals surface area contributed by atoms with Gasteiger partial charge in [0, 0.05) is 5.57 Å². The van der Waals surface area contributed by atoms with Crippen molar-refractivity contribution in [2.24, 2.45) is 5.92 Å². The SMILES string of the molecule is C=C(CC)C(=O)OC(=O)C(C)CCC. The Balaban J connectivity index is 4.06. The van der Waals surface area contributed by atoms with Gasteiger partial charge in [0.05, 0.1) is 5.92 Å². The molecule has 3 nitrogen and oxygen atoms in total. The highest BCUT2D eigenvalue weighted by molar-refractivity contribution is 5.96. The average Bonchev–Trinajstić information content (AvgIpc) is 2.16. The first kappa shape index (κ1) is 12.9. The van der Waals surface area contributed by atoms with E-state index in [2.05, 4.69) is 11.3 Å². The maximum atomic E-state index is 11.3. The van der Waals surface area contributed by atoms with Crippen LogP contribution in [0.1, 0.15) is 40.0 Å². The molecule has 1 atom stereocenters. The van der Waals surface area contributed by atoms with Gasteiger partial charge in [0.25, 0.3) is 0 Å². The zero-order valence-electron chi connectivity index (χ0n) is 9.13. The Morgan fingerprint density at radius 2 is 1.93 bits per heavy atom. The molecule has 0 saturated carbocycles. The number of hydrogen-bond acceptors (Lipinski definition) is 3. The smallest absolute Gasteiger partial charge is 0.341 e. The van der Waals surface area contributed by atoms with E-state index in [9.17, 15) is 9.59 Å². The van der Waals surface area contributed by atoms with Crippen molar-refractivity contribution in [2.75, 3.05) is 0 Å². The standard InChI is InChI=1S/C11H18O3/c1-5-7-9(4)11(13)14-10(12)8(3)6-2/h9H,3,5-7H2,1-2,4H3. The second-order valence-corrected chi connectivity index (χ2v) is 3.36. The van der Waals surface area contributed by atoms with Gasteiger partial charge in [0.15, 0.2) is 0 Å². The molecule has 3 heteroatoms. The van der Waals surface area contributed by atoms with Crippen LogP contribution in [0.4, 0.5) is 0 Å². The molecule has 0 radical (unpaired) electrons. The zero-order valence-corrected chi connectivity index (χ0v) is 9.13. The van der Waals surface area contributed by atoms with Crippen LogP contribution in [-0.4, -0.2) is 11.9 Å². The third-order valence-electron chi connectivity index (χ3n) is 2.03. The van der Waals surface area contributed by atoms with Gasteiger partial charge < -0.3 is 4.74 Å². The van der Waals surface area contributed by atoms with E-state index < -0.39 is 11.9 Å². The predicted octanol–water partition coefficient (Wildman–Crippen LogP) is 2.46. The molecular formula is C11H18O3. The summed E-state index contributed by atoms with van der Waals surface area (Å²) < 4.78 is 4.64. The van der Waals surface area contributed by atoms with E-state index in [0.29, 0.717) is 12.0 Å². The van der Waals surface area contributed by atoms with Crippen molar-refractivity contribution < 1.29 is 14.3 Å². The second-order valence-electron chi connectivity index (χ2n) is 3.36. The molecule has 0 aliphatic rings. The molecule has 0 rings (SSSR count). The lowest BCUT2D eigenvalue weighted by atomic mass is 10.1. The van der Waals surface area contributed by atoms with E-state index in [1.807, 2.05) is 6.92 Å². The number of hydrogen-bond donors (Lipinski definition) is 0. The molecule has 0 spiro atoms. The molecule has 14 heavy (non-hydrogen) atoms. The van der Waals surface area contributed by atoms with Crippen molar-refractivity contribution in [3.63, 3.8) is 0 Å². The van der Waals surface area contributed by atoms with Gasteiger partial charge in [0.1, 0.15) is 0 Å². The molecule has 0 saturated heterocycles. The molecular weight excluding hydrogens is 180 g/mol. The first-order valence-electron chi connectivity index (χ1n) is 4.96. The third kappa shape index (κ3) is 4.21. The summed E-state index contributed by atoms with van der Waals surface area (Å²) >= 11 is 0. The van der Waals surface area contributed by atoms with Gasteiger partial charge in [-0.05, 0) is 12.8 Å². The van der Waals surface area contributed by atoms with Gasteiger partial charge in [0.2, 0.25) is 0 Å². The van der Waals surface area contributed by atoms with E-state index >= 15 is 0 Å². The predicted molar refractivity (Wildman–Crippen MR) is 54.6 cm³/mol. The fourth-order valence-electron chi connectivity index (χ4n) is 0.959. The quantitative estimate of drug-likeness (QED) is 0.387. The highest BCUT2D eigenvalue weighted by Crippen LogP contribution is 2.09. The van der Waals surface area contributed by atoms with Gasteiger partial charge in [-0.1, -0.05) is 33.8 Å². The van der Waals surface area contributed by atoms with Crippen LogP contribution in [-0.2, 0) is 14.3 Å². The van der Waals surface area contributed by atoms with E-state index in [4.69, 9.17) is 0 Å². The Kier molecular flexibility index (Phi) is 5.84. The summed E-state index contributed by atoms with van der Waals surface area (Å²) in [7, 11) is 0. The van der Waals surface area contributed by atoms with Crippen molar-refractivity contribution >= 4 is 11.9 Å². The minimum absolute atomic E-state index is 0.214. The van der Waals surface area contributed by atoms with E-state index in [1.54, 1.807) is 13.8 Å². The molecule has 1 unspecified atom stereocenters. The first-order chi connectivity index (χ1) is 6.52. The summed E-state index contributed by atoms with van der Waals surface area (Å²) in [4.78, 5) is 22.4.